The molecular formula is C20H18Cl2N2O2. The molecule has 1 aromatic heterocycles. The summed E-state index contributed by atoms with van der Waals surface area (Å²) in [7, 11) is 0. The van der Waals surface area contributed by atoms with E-state index in [0.717, 1.165) is 5.52 Å². The van der Waals surface area contributed by atoms with Crippen LogP contribution in [0.25, 0.3) is 10.9 Å². The molecule has 0 spiro atoms. The van der Waals surface area contributed by atoms with Gasteiger partial charge in [-0.05, 0) is 37.3 Å². The molecule has 4 nitrogen and oxygen atoms in total. The lowest BCUT2D eigenvalue weighted by Gasteiger charge is -2.09. The zero-order valence-corrected chi connectivity index (χ0v) is 16.1. The van der Waals surface area contributed by atoms with E-state index in [1.807, 2.05) is 26.8 Å². The predicted octanol–water partition coefficient (Wildman–Crippen LogP) is 5.61. The molecular weight excluding hydrogens is 371 g/mol. The Balaban J connectivity index is 2.12. The van der Waals surface area contributed by atoms with Crippen LogP contribution in [0.4, 0.5) is 5.69 Å². The maximum absolute atomic E-state index is 13.1. The first-order valence-electron chi connectivity index (χ1n) is 8.21. The van der Waals surface area contributed by atoms with Gasteiger partial charge in [-0.15, -0.1) is 0 Å². The average Bonchev–Trinajstić information content (AvgIpc) is 2.89. The highest BCUT2D eigenvalue weighted by atomic mass is 35.5. The van der Waals surface area contributed by atoms with Crippen molar-refractivity contribution < 1.29 is 9.59 Å². The Morgan fingerprint density at radius 3 is 2.31 bits per heavy atom. The number of amides is 1. The van der Waals surface area contributed by atoms with Crippen LogP contribution in [-0.4, -0.2) is 16.7 Å². The molecule has 134 valence electrons. The number of aromatic amines is 1. The van der Waals surface area contributed by atoms with Crippen molar-refractivity contribution >= 4 is 51.5 Å². The second-order valence-corrected chi connectivity index (χ2v) is 7.27. The third-order valence-electron chi connectivity index (χ3n) is 4.19. The van der Waals surface area contributed by atoms with Crippen LogP contribution in [0.5, 0.6) is 0 Å². The number of rotatable bonds is 4. The minimum atomic E-state index is -0.253. The summed E-state index contributed by atoms with van der Waals surface area (Å²) in [6.45, 7) is 5.47. The van der Waals surface area contributed by atoms with E-state index in [2.05, 4.69) is 10.3 Å². The Hall–Kier alpha value is -2.30. The fourth-order valence-corrected chi connectivity index (χ4v) is 3.39. The van der Waals surface area contributed by atoms with E-state index >= 15 is 0 Å². The molecule has 3 rings (SSSR count). The lowest BCUT2D eigenvalue weighted by molar-refractivity contribution is -0.118. The summed E-state index contributed by atoms with van der Waals surface area (Å²) in [5, 5.41) is 4.18. The van der Waals surface area contributed by atoms with E-state index in [-0.39, 0.29) is 23.2 Å². The average molecular weight is 389 g/mol. The standard InChI is InChI=1S/C20H18Cl2N2O2/c1-10(2)20(26)24-12-7-8-16-13(9-12)17(11(3)23-16)19(25)18-14(21)5-4-6-15(18)22/h4-10,23H,1-3H3,(H,24,26). The number of anilines is 1. The van der Waals surface area contributed by atoms with Crippen LogP contribution in [-0.2, 0) is 4.79 Å². The summed E-state index contributed by atoms with van der Waals surface area (Å²) in [6, 6.07) is 10.4. The summed E-state index contributed by atoms with van der Waals surface area (Å²) in [5.41, 5.74) is 2.92. The molecule has 0 saturated carbocycles. The van der Waals surface area contributed by atoms with Gasteiger partial charge in [-0.25, -0.2) is 0 Å². The van der Waals surface area contributed by atoms with Crippen LogP contribution in [0, 0.1) is 12.8 Å². The maximum atomic E-state index is 13.1. The van der Waals surface area contributed by atoms with Gasteiger partial charge in [0.15, 0.2) is 5.78 Å². The second-order valence-electron chi connectivity index (χ2n) is 6.46. The monoisotopic (exact) mass is 388 g/mol. The number of fused-ring (bicyclic) bond motifs is 1. The number of H-pyrrole nitrogens is 1. The van der Waals surface area contributed by atoms with Crippen LogP contribution in [0.15, 0.2) is 36.4 Å². The van der Waals surface area contributed by atoms with Crippen LogP contribution in [0.2, 0.25) is 10.0 Å². The van der Waals surface area contributed by atoms with Crippen molar-refractivity contribution in [1.29, 1.82) is 0 Å². The first-order valence-corrected chi connectivity index (χ1v) is 8.97. The molecule has 0 radical (unpaired) electrons. The van der Waals surface area contributed by atoms with Gasteiger partial charge in [0.1, 0.15) is 0 Å². The molecule has 2 aromatic carbocycles. The van der Waals surface area contributed by atoms with Gasteiger partial charge < -0.3 is 10.3 Å². The number of carbonyl (C=O) groups is 2. The molecule has 0 atom stereocenters. The number of aromatic nitrogens is 1. The number of benzene rings is 2. The van der Waals surface area contributed by atoms with Crippen molar-refractivity contribution in [1.82, 2.24) is 4.98 Å². The topological polar surface area (TPSA) is 62.0 Å². The van der Waals surface area contributed by atoms with Gasteiger partial charge in [0, 0.05) is 28.2 Å². The molecule has 0 saturated heterocycles. The first kappa shape index (κ1) is 18.5. The highest BCUT2D eigenvalue weighted by Gasteiger charge is 2.22. The van der Waals surface area contributed by atoms with Gasteiger partial charge in [0.25, 0.3) is 0 Å². The Bertz CT molecular complexity index is 1000. The zero-order valence-electron chi connectivity index (χ0n) is 14.6. The van der Waals surface area contributed by atoms with Crippen molar-refractivity contribution in [2.75, 3.05) is 5.32 Å². The number of carbonyl (C=O) groups excluding carboxylic acids is 2. The van der Waals surface area contributed by atoms with E-state index < -0.39 is 0 Å². The Labute approximate surface area is 161 Å². The lowest BCUT2D eigenvalue weighted by atomic mass is 10.00. The fourth-order valence-electron chi connectivity index (χ4n) is 2.82. The van der Waals surface area contributed by atoms with Crippen LogP contribution in [0.3, 0.4) is 0 Å². The van der Waals surface area contributed by atoms with Gasteiger partial charge in [-0.3, -0.25) is 9.59 Å². The number of halogens is 2. The quantitative estimate of drug-likeness (QED) is 0.570. The van der Waals surface area contributed by atoms with Crippen molar-refractivity contribution in [2.45, 2.75) is 20.8 Å². The summed E-state index contributed by atoms with van der Waals surface area (Å²) >= 11 is 12.4. The summed E-state index contributed by atoms with van der Waals surface area (Å²) in [4.78, 5) is 28.3. The van der Waals surface area contributed by atoms with Crippen molar-refractivity contribution in [3.63, 3.8) is 0 Å². The molecule has 0 bridgehead atoms. The molecule has 3 aromatic rings. The van der Waals surface area contributed by atoms with Gasteiger partial charge >= 0.3 is 0 Å². The third kappa shape index (κ3) is 3.35. The number of hydrogen-bond donors (Lipinski definition) is 2. The normalized spacial score (nSPS) is 11.2. The van der Waals surface area contributed by atoms with Gasteiger partial charge in [-0.1, -0.05) is 43.1 Å². The van der Waals surface area contributed by atoms with Crippen molar-refractivity contribution in [2.24, 2.45) is 5.92 Å². The number of ketones is 1. The van der Waals surface area contributed by atoms with Crippen LogP contribution in [0.1, 0.15) is 35.5 Å². The maximum Gasteiger partial charge on any atom is 0.226 e. The summed E-state index contributed by atoms with van der Waals surface area (Å²) < 4.78 is 0. The Morgan fingerprint density at radius 1 is 1.04 bits per heavy atom. The van der Waals surface area contributed by atoms with E-state index in [1.165, 1.54) is 0 Å². The number of aryl methyl sites for hydroxylation is 1. The van der Waals surface area contributed by atoms with Gasteiger partial charge in [-0.2, -0.15) is 0 Å². The molecule has 26 heavy (non-hydrogen) atoms. The smallest absolute Gasteiger partial charge is 0.226 e. The van der Waals surface area contributed by atoms with Gasteiger partial charge in [0.05, 0.1) is 21.2 Å². The minimum Gasteiger partial charge on any atom is -0.358 e. The van der Waals surface area contributed by atoms with E-state index in [4.69, 9.17) is 23.2 Å². The van der Waals surface area contributed by atoms with Crippen LogP contribution < -0.4 is 5.32 Å². The molecule has 6 heteroatoms. The molecule has 2 N–H and O–H groups in total. The predicted molar refractivity (Wildman–Crippen MR) is 106 cm³/mol. The molecule has 0 fully saturated rings. The van der Waals surface area contributed by atoms with Gasteiger partial charge in [0.2, 0.25) is 5.91 Å². The number of hydrogen-bond acceptors (Lipinski definition) is 2. The fraction of sp³-hybridized carbons (Fsp3) is 0.200. The van der Waals surface area contributed by atoms with E-state index in [9.17, 15) is 9.59 Å². The Kier molecular flexibility index (Phi) is 5.08. The van der Waals surface area contributed by atoms with E-state index in [0.29, 0.717) is 32.4 Å². The SMILES string of the molecule is Cc1[nH]c2ccc(NC(=O)C(C)C)cc2c1C(=O)c1c(Cl)cccc1Cl. The molecule has 1 heterocycles. The zero-order chi connectivity index (χ0) is 19.0. The number of nitrogens with one attached hydrogen (secondary N) is 2. The minimum absolute atomic E-state index is 0.0846. The molecule has 0 unspecified atom stereocenters. The molecule has 1 amide bonds. The lowest BCUT2D eigenvalue weighted by Crippen LogP contribution is -2.17. The highest BCUT2D eigenvalue weighted by molar-refractivity contribution is 6.41. The van der Waals surface area contributed by atoms with Crippen molar-refractivity contribution in [3.8, 4) is 0 Å². The second kappa shape index (κ2) is 7.14. The molecule has 0 aliphatic rings. The molecule has 0 aliphatic carbocycles. The summed E-state index contributed by atoms with van der Waals surface area (Å²) in [6.07, 6.45) is 0. The largest absolute Gasteiger partial charge is 0.358 e. The van der Waals surface area contributed by atoms with E-state index in [1.54, 1.807) is 30.3 Å². The Morgan fingerprint density at radius 2 is 1.69 bits per heavy atom. The highest BCUT2D eigenvalue weighted by Crippen LogP contribution is 2.32. The van der Waals surface area contributed by atoms with Crippen molar-refractivity contribution in [3.05, 3.63) is 63.3 Å². The molecule has 0 aliphatic heterocycles. The van der Waals surface area contributed by atoms with Crippen LogP contribution >= 0.6 is 23.2 Å². The summed E-state index contributed by atoms with van der Waals surface area (Å²) in [5.74, 6) is -0.475. The third-order valence-corrected chi connectivity index (χ3v) is 4.82. The first-order chi connectivity index (χ1) is 12.3.